The largest absolute Gasteiger partial charge is 0.396 e. The quantitative estimate of drug-likeness (QED) is 0.729. The second-order valence-corrected chi connectivity index (χ2v) is 4.01. The number of hydrogen-bond donors (Lipinski definition) is 2. The topological polar surface area (TPSA) is 63.0 Å². The molecule has 5 heteroatoms. The van der Waals surface area contributed by atoms with E-state index in [1.807, 2.05) is 11.6 Å². The molecule has 0 aliphatic carbocycles. The van der Waals surface area contributed by atoms with Gasteiger partial charge in [-0.2, -0.15) is 5.10 Å². The van der Waals surface area contributed by atoms with Gasteiger partial charge >= 0.3 is 0 Å². The smallest absolute Gasteiger partial charge is 0.141 e. The van der Waals surface area contributed by atoms with Crippen molar-refractivity contribution in [3.63, 3.8) is 0 Å². The van der Waals surface area contributed by atoms with Crippen LogP contribution in [-0.2, 0) is 6.54 Å². The van der Waals surface area contributed by atoms with E-state index in [0.717, 1.165) is 12.2 Å². The molecule has 2 N–H and O–H groups in total. The third kappa shape index (κ3) is 3.60. The average molecular weight is 212 g/mol. The lowest BCUT2D eigenvalue weighted by atomic mass is 10.2. The van der Waals surface area contributed by atoms with Gasteiger partial charge in [-0.15, -0.1) is 0 Å². The highest BCUT2D eigenvalue weighted by Gasteiger charge is 2.08. The van der Waals surface area contributed by atoms with E-state index < -0.39 is 0 Å². The van der Waals surface area contributed by atoms with Crippen LogP contribution in [0.4, 0.5) is 0 Å². The van der Waals surface area contributed by atoms with Crippen LogP contribution >= 0.6 is 0 Å². The molecule has 0 bridgehead atoms. The summed E-state index contributed by atoms with van der Waals surface area (Å²) in [4.78, 5) is 4.20. The van der Waals surface area contributed by atoms with Gasteiger partial charge in [-0.3, -0.25) is 0 Å². The first-order chi connectivity index (χ1) is 7.15. The summed E-state index contributed by atoms with van der Waals surface area (Å²) in [6.45, 7) is 7.11. The molecule has 86 valence electrons. The van der Waals surface area contributed by atoms with Gasteiger partial charge in [0.25, 0.3) is 0 Å². The molecule has 0 radical (unpaired) electrons. The second kappa shape index (κ2) is 5.82. The minimum Gasteiger partial charge on any atom is -0.396 e. The van der Waals surface area contributed by atoms with Crippen LogP contribution in [-0.4, -0.2) is 32.5 Å². The number of nitrogens with zero attached hydrogens (tertiary/aromatic N) is 3. The standard InChI is InChI=1S/C10H20N4O/c1-8(2)14-10(12-7-13-14)6-11-9(3)4-5-15/h7-9,11,15H,4-6H2,1-3H3. The van der Waals surface area contributed by atoms with Crippen LogP contribution in [0.2, 0.25) is 0 Å². The second-order valence-electron chi connectivity index (χ2n) is 4.01. The fraction of sp³-hybridized carbons (Fsp3) is 0.800. The van der Waals surface area contributed by atoms with E-state index >= 15 is 0 Å². The molecule has 0 saturated heterocycles. The zero-order valence-corrected chi connectivity index (χ0v) is 9.64. The fourth-order valence-electron chi connectivity index (χ4n) is 1.39. The molecule has 1 unspecified atom stereocenters. The summed E-state index contributed by atoms with van der Waals surface area (Å²) in [5.74, 6) is 0.940. The summed E-state index contributed by atoms with van der Waals surface area (Å²) in [5, 5.41) is 16.2. The molecule has 0 aliphatic rings. The van der Waals surface area contributed by atoms with Gasteiger partial charge in [-0.1, -0.05) is 0 Å². The van der Waals surface area contributed by atoms with E-state index in [4.69, 9.17) is 5.11 Å². The molecule has 0 spiro atoms. The summed E-state index contributed by atoms with van der Waals surface area (Å²) in [7, 11) is 0. The van der Waals surface area contributed by atoms with Gasteiger partial charge in [0.05, 0.1) is 6.54 Å². The lowest BCUT2D eigenvalue weighted by molar-refractivity contribution is 0.267. The Labute approximate surface area is 90.5 Å². The van der Waals surface area contributed by atoms with Crippen molar-refractivity contribution in [1.82, 2.24) is 20.1 Å². The van der Waals surface area contributed by atoms with E-state index in [-0.39, 0.29) is 6.61 Å². The predicted molar refractivity (Wildman–Crippen MR) is 58.4 cm³/mol. The van der Waals surface area contributed by atoms with Crippen molar-refractivity contribution in [3.8, 4) is 0 Å². The van der Waals surface area contributed by atoms with Crippen molar-refractivity contribution in [3.05, 3.63) is 12.2 Å². The van der Waals surface area contributed by atoms with Crippen LogP contribution in [0.25, 0.3) is 0 Å². The maximum absolute atomic E-state index is 8.76. The molecule has 15 heavy (non-hydrogen) atoms. The molecular weight excluding hydrogens is 192 g/mol. The Morgan fingerprint density at radius 1 is 1.47 bits per heavy atom. The van der Waals surface area contributed by atoms with Crippen LogP contribution in [0.1, 0.15) is 39.1 Å². The minimum absolute atomic E-state index is 0.213. The molecule has 0 saturated carbocycles. The van der Waals surface area contributed by atoms with Crippen LogP contribution in [0, 0.1) is 0 Å². The van der Waals surface area contributed by atoms with Crippen LogP contribution in [0.3, 0.4) is 0 Å². The normalized spacial score (nSPS) is 13.4. The maximum atomic E-state index is 8.76. The molecule has 0 aromatic carbocycles. The molecule has 0 amide bonds. The van der Waals surface area contributed by atoms with Crippen LogP contribution < -0.4 is 5.32 Å². The average Bonchev–Trinajstić information content (AvgIpc) is 2.63. The molecule has 1 aromatic rings. The molecule has 5 nitrogen and oxygen atoms in total. The van der Waals surface area contributed by atoms with Gasteiger partial charge in [-0.05, 0) is 27.2 Å². The Hall–Kier alpha value is -0.940. The zero-order valence-electron chi connectivity index (χ0n) is 9.64. The summed E-state index contributed by atoms with van der Waals surface area (Å²) in [5.41, 5.74) is 0. The highest BCUT2D eigenvalue weighted by Crippen LogP contribution is 2.05. The lowest BCUT2D eigenvalue weighted by Crippen LogP contribution is -2.28. The third-order valence-electron chi connectivity index (χ3n) is 2.31. The predicted octanol–water partition coefficient (Wildman–Crippen LogP) is 0.719. The monoisotopic (exact) mass is 212 g/mol. The van der Waals surface area contributed by atoms with Crippen molar-refractivity contribution in [2.24, 2.45) is 0 Å². The highest BCUT2D eigenvalue weighted by molar-refractivity contribution is 4.86. The van der Waals surface area contributed by atoms with Crippen LogP contribution in [0.15, 0.2) is 6.33 Å². The first-order valence-electron chi connectivity index (χ1n) is 5.37. The lowest BCUT2D eigenvalue weighted by Gasteiger charge is -2.13. The van der Waals surface area contributed by atoms with Crippen molar-refractivity contribution < 1.29 is 5.11 Å². The fourth-order valence-corrected chi connectivity index (χ4v) is 1.39. The van der Waals surface area contributed by atoms with Crippen molar-refractivity contribution in [2.75, 3.05) is 6.61 Å². The summed E-state index contributed by atoms with van der Waals surface area (Å²) in [6.07, 6.45) is 2.34. The SMILES string of the molecule is CC(CCO)NCc1ncnn1C(C)C. The Kier molecular flexibility index (Phi) is 4.71. The number of nitrogens with one attached hydrogen (secondary N) is 1. The Morgan fingerprint density at radius 3 is 2.80 bits per heavy atom. The minimum atomic E-state index is 0.213. The van der Waals surface area contributed by atoms with Crippen LogP contribution in [0.5, 0.6) is 0 Å². The zero-order chi connectivity index (χ0) is 11.3. The number of hydrogen-bond acceptors (Lipinski definition) is 4. The Balaban J connectivity index is 2.46. The van der Waals surface area contributed by atoms with Crippen molar-refractivity contribution in [1.29, 1.82) is 0 Å². The van der Waals surface area contributed by atoms with Crippen molar-refractivity contribution in [2.45, 2.75) is 45.8 Å². The van der Waals surface area contributed by atoms with E-state index in [2.05, 4.69) is 29.2 Å². The van der Waals surface area contributed by atoms with Gasteiger partial charge in [0.15, 0.2) is 0 Å². The van der Waals surface area contributed by atoms with Gasteiger partial charge in [0, 0.05) is 18.7 Å². The number of aliphatic hydroxyl groups excluding tert-OH is 1. The molecule has 1 atom stereocenters. The van der Waals surface area contributed by atoms with E-state index in [0.29, 0.717) is 18.6 Å². The van der Waals surface area contributed by atoms with Gasteiger partial charge in [-0.25, -0.2) is 9.67 Å². The molecule has 1 heterocycles. The number of aliphatic hydroxyl groups is 1. The van der Waals surface area contributed by atoms with Gasteiger partial charge in [0.2, 0.25) is 0 Å². The first-order valence-corrected chi connectivity index (χ1v) is 5.37. The molecule has 0 aliphatic heterocycles. The van der Waals surface area contributed by atoms with E-state index in [1.54, 1.807) is 6.33 Å². The number of aromatic nitrogens is 3. The molecular formula is C10H20N4O. The molecule has 1 aromatic heterocycles. The third-order valence-corrected chi connectivity index (χ3v) is 2.31. The summed E-state index contributed by atoms with van der Waals surface area (Å²) in [6, 6.07) is 0.629. The maximum Gasteiger partial charge on any atom is 0.141 e. The van der Waals surface area contributed by atoms with Crippen molar-refractivity contribution >= 4 is 0 Å². The molecule has 1 rings (SSSR count). The Morgan fingerprint density at radius 2 is 2.20 bits per heavy atom. The van der Waals surface area contributed by atoms with Gasteiger partial charge in [0.1, 0.15) is 12.2 Å². The Bertz CT molecular complexity index is 285. The number of rotatable bonds is 6. The van der Waals surface area contributed by atoms with E-state index in [9.17, 15) is 0 Å². The summed E-state index contributed by atoms with van der Waals surface area (Å²) >= 11 is 0. The highest BCUT2D eigenvalue weighted by atomic mass is 16.3. The first kappa shape index (κ1) is 12.1. The van der Waals surface area contributed by atoms with Gasteiger partial charge < -0.3 is 10.4 Å². The van der Waals surface area contributed by atoms with E-state index in [1.165, 1.54) is 0 Å². The molecule has 0 fully saturated rings. The summed E-state index contributed by atoms with van der Waals surface area (Å²) < 4.78 is 1.90.